The van der Waals surface area contributed by atoms with Crippen molar-refractivity contribution in [1.82, 2.24) is 15.5 Å². The van der Waals surface area contributed by atoms with Crippen LogP contribution < -0.4 is 10.6 Å². The van der Waals surface area contributed by atoms with Crippen molar-refractivity contribution in [3.8, 4) is 11.4 Å². The van der Waals surface area contributed by atoms with Gasteiger partial charge in [-0.05, 0) is 50.2 Å². The van der Waals surface area contributed by atoms with Crippen LogP contribution >= 0.6 is 12.4 Å². The van der Waals surface area contributed by atoms with E-state index in [1.54, 1.807) is 24.3 Å². The number of carbonyl (C=O) groups is 1. The molecule has 0 atom stereocenters. The van der Waals surface area contributed by atoms with E-state index in [2.05, 4.69) is 20.8 Å². The molecule has 1 aromatic carbocycles. The Balaban J connectivity index is 0.00000225. The van der Waals surface area contributed by atoms with E-state index < -0.39 is 20.5 Å². The van der Waals surface area contributed by atoms with E-state index in [0.29, 0.717) is 24.6 Å². The zero-order valence-corrected chi connectivity index (χ0v) is 15.2. The summed E-state index contributed by atoms with van der Waals surface area (Å²) in [5, 5.41) is 9.54. The van der Waals surface area contributed by atoms with Crippen LogP contribution in [0, 0.1) is 0 Å². The Kier molecular flexibility index (Phi) is 5.81. The summed E-state index contributed by atoms with van der Waals surface area (Å²) in [5.74, 6) is -0.0438. The van der Waals surface area contributed by atoms with Crippen molar-refractivity contribution in [3.63, 3.8) is 0 Å². The van der Waals surface area contributed by atoms with Crippen LogP contribution in [-0.2, 0) is 14.6 Å². The molecule has 3 rings (SSSR count). The monoisotopic (exact) mass is 386 g/mol. The Hall–Kier alpha value is -1.97. The van der Waals surface area contributed by atoms with Crippen molar-refractivity contribution >= 4 is 33.8 Å². The molecule has 1 fully saturated rings. The molecule has 0 saturated carbocycles. The first kappa shape index (κ1) is 19.4. The van der Waals surface area contributed by atoms with Gasteiger partial charge in [0.1, 0.15) is 0 Å². The Morgan fingerprint density at radius 3 is 2.40 bits per heavy atom. The van der Waals surface area contributed by atoms with Gasteiger partial charge in [-0.15, -0.1) is 12.4 Å². The van der Waals surface area contributed by atoms with Crippen LogP contribution in [0.15, 0.2) is 35.2 Å². The molecule has 0 aliphatic carbocycles. The average Bonchev–Trinajstić information content (AvgIpc) is 3.09. The molecular formula is C15H19ClN4O4S. The highest BCUT2D eigenvalue weighted by molar-refractivity contribution is 7.92. The van der Waals surface area contributed by atoms with Crippen molar-refractivity contribution in [2.75, 3.05) is 24.7 Å². The van der Waals surface area contributed by atoms with Crippen LogP contribution in [0.5, 0.6) is 0 Å². The van der Waals surface area contributed by atoms with Gasteiger partial charge in [0.05, 0.1) is 0 Å². The predicted molar refractivity (Wildman–Crippen MR) is 95.3 cm³/mol. The molecule has 25 heavy (non-hydrogen) atoms. The molecule has 0 spiro atoms. The predicted octanol–water partition coefficient (Wildman–Crippen LogP) is 1.26. The highest BCUT2D eigenvalue weighted by Gasteiger charge is 2.48. The third-order valence-corrected chi connectivity index (χ3v) is 6.31. The lowest BCUT2D eigenvalue weighted by atomic mass is 9.95. The molecular weight excluding hydrogens is 368 g/mol. The van der Waals surface area contributed by atoms with Crippen LogP contribution in [0.4, 0.5) is 5.69 Å². The van der Waals surface area contributed by atoms with E-state index in [0.717, 1.165) is 11.8 Å². The Morgan fingerprint density at radius 1 is 1.24 bits per heavy atom. The van der Waals surface area contributed by atoms with Gasteiger partial charge in [-0.3, -0.25) is 4.79 Å². The molecule has 1 aromatic heterocycles. The van der Waals surface area contributed by atoms with E-state index in [1.807, 2.05) is 0 Å². The number of rotatable bonds is 4. The van der Waals surface area contributed by atoms with Gasteiger partial charge in [-0.25, -0.2) is 8.42 Å². The maximum absolute atomic E-state index is 12.7. The number of piperidine rings is 1. The standard InChI is InChI=1S/C15H18N4O4S.ClH/c1-24(21,22)15(6-8-16-9-7-15)14(20)18-12-4-2-11(3-5-12)13-17-10-23-19-13;/h2-5,10,16H,6-9H2,1H3,(H,18,20);1H. The summed E-state index contributed by atoms with van der Waals surface area (Å²) in [6, 6.07) is 6.83. The highest BCUT2D eigenvalue weighted by Crippen LogP contribution is 2.29. The third kappa shape index (κ3) is 3.83. The topological polar surface area (TPSA) is 114 Å². The van der Waals surface area contributed by atoms with Gasteiger partial charge in [-0.1, -0.05) is 5.16 Å². The van der Waals surface area contributed by atoms with E-state index in [-0.39, 0.29) is 25.2 Å². The smallest absolute Gasteiger partial charge is 0.245 e. The number of hydrogen-bond acceptors (Lipinski definition) is 7. The molecule has 0 unspecified atom stereocenters. The summed E-state index contributed by atoms with van der Waals surface area (Å²) in [6.07, 6.45) is 2.88. The van der Waals surface area contributed by atoms with Crippen LogP contribution in [0.25, 0.3) is 11.4 Å². The zero-order chi connectivity index (χ0) is 17.2. The SMILES string of the molecule is CS(=O)(=O)C1(C(=O)Nc2ccc(-c3ncon3)cc2)CCNCC1.Cl. The molecule has 10 heteroatoms. The largest absolute Gasteiger partial charge is 0.342 e. The number of nitrogens with zero attached hydrogens (tertiary/aromatic N) is 2. The number of anilines is 1. The second-order valence-electron chi connectivity index (χ2n) is 5.80. The van der Waals surface area contributed by atoms with E-state index in [4.69, 9.17) is 4.52 Å². The van der Waals surface area contributed by atoms with Gasteiger partial charge in [0.15, 0.2) is 14.6 Å². The van der Waals surface area contributed by atoms with Gasteiger partial charge in [0.2, 0.25) is 18.1 Å². The molecule has 0 radical (unpaired) electrons. The Labute approximate surface area is 151 Å². The first-order chi connectivity index (χ1) is 11.4. The zero-order valence-electron chi connectivity index (χ0n) is 13.6. The first-order valence-corrected chi connectivity index (χ1v) is 9.40. The molecule has 0 bridgehead atoms. The van der Waals surface area contributed by atoms with E-state index >= 15 is 0 Å². The Morgan fingerprint density at radius 2 is 1.88 bits per heavy atom. The molecule has 2 N–H and O–H groups in total. The summed E-state index contributed by atoms with van der Waals surface area (Å²) < 4.78 is 27.8. The van der Waals surface area contributed by atoms with Crippen molar-refractivity contribution in [1.29, 1.82) is 0 Å². The van der Waals surface area contributed by atoms with E-state index in [1.165, 1.54) is 6.39 Å². The van der Waals surface area contributed by atoms with Crippen molar-refractivity contribution in [2.45, 2.75) is 17.6 Å². The Bertz CT molecular complexity index is 816. The van der Waals surface area contributed by atoms with Gasteiger partial charge in [0, 0.05) is 17.5 Å². The average molecular weight is 387 g/mol. The van der Waals surface area contributed by atoms with Gasteiger partial charge in [-0.2, -0.15) is 4.98 Å². The van der Waals surface area contributed by atoms with Gasteiger partial charge >= 0.3 is 0 Å². The van der Waals surface area contributed by atoms with E-state index in [9.17, 15) is 13.2 Å². The number of halogens is 1. The lowest BCUT2D eigenvalue weighted by Crippen LogP contribution is -2.55. The quantitative estimate of drug-likeness (QED) is 0.812. The molecule has 8 nitrogen and oxygen atoms in total. The fourth-order valence-electron chi connectivity index (χ4n) is 2.84. The van der Waals surface area contributed by atoms with Gasteiger partial charge < -0.3 is 15.2 Å². The number of nitrogens with one attached hydrogen (secondary N) is 2. The minimum absolute atomic E-state index is 0. The molecule has 1 aliphatic heterocycles. The van der Waals surface area contributed by atoms with Crippen LogP contribution in [-0.4, -0.2) is 48.6 Å². The van der Waals surface area contributed by atoms with Gasteiger partial charge in [0.25, 0.3) is 0 Å². The number of aromatic nitrogens is 2. The number of carbonyl (C=O) groups excluding carboxylic acids is 1. The normalized spacial score (nSPS) is 16.7. The lowest BCUT2D eigenvalue weighted by Gasteiger charge is -2.34. The first-order valence-electron chi connectivity index (χ1n) is 7.51. The van der Waals surface area contributed by atoms with Crippen LogP contribution in [0.3, 0.4) is 0 Å². The lowest BCUT2D eigenvalue weighted by molar-refractivity contribution is -0.119. The maximum atomic E-state index is 12.7. The highest BCUT2D eigenvalue weighted by atomic mass is 35.5. The summed E-state index contributed by atoms with van der Waals surface area (Å²) in [5.41, 5.74) is 1.26. The maximum Gasteiger partial charge on any atom is 0.245 e. The summed E-state index contributed by atoms with van der Waals surface area (Å²) >= 11 is 0. The summed E-state index contributed by atoms with van der Waals surface area (Å²) in [6.45, 7) is 0.995. The van der Waals surface area contributed by atoms with Crippen LogP contribution in [0.1, 0.15) is 12.8 Å². The number of amides is 1. The molecule has 1 saturated heterocycles. The molecule has 1 amide bonds. The molecule has 136 valence electrons. The second kappa shape index (κ2) is 7.51. The van der Waals surface area contributed by atoms with Crippen molar-refractivity contribution < 1.29 is 17.7 Å². The minimum atomic E-state index is -3.53. The van der Waals surface area contributed by atoms with Crippen molar-refractivity contribution in [2.24, 2.45) is 0 Å². The third-order valence-electron chi connectivity index (χ3n) is 4.30. The number of hydrogen-bond donors (Lipinski definition) is 2. The fraction of sp³-hybridized carbons (Fsp3) is 0.400. The molecule has 2 heterocycles. The number of benzene rings is 1. The second-order valence-corrected chi connectivity index (χ2v) is 8.13. The number of sulfone groups is 1. The fourth-order valence-corrected chi connectivity index (χ4v) is 4.18. The summed E-state index contributed by atoms with van der Waals surface area (Å²) in [4.78, 5) is 16.6. The van der Waals surface area contributed by atoms with Crippen molar-refractivity contribution in [3.05, 3.63) is 30.7 Å². The molecule has 2 aromatic rings. The minimum Gasteiger partial charge on any atom is -0.342 e. The van der Waals surface area contributed by atoms with Crippen LogP contribution in [0.2, 0.25) is 0 Å². The molecule has 1 aliphatic rings. The summed E-state index contributed by atoms with van der Waals surface area (Å²) in [7, 11) is -3.53.